The molecule has 0 bridgehead atoms. The molecule has 0 unspecified atom stereocenters. The van der Waals surface area contributed by atoms with E-state index in [-0.39, 0.29) is 42.7 Å². The first-order chi connectivity index (χ1) is 72.3. The second-order valence-corrected chi connectivity index (χ2v) is 49.5. The van der Waals surface area contributed by atoms with E-state index in [9.17, 15) is 0 Å². The second-order valence-electron chi connectivity index (χ2n) is 39.3. The molecule has 786 valence electrons. The summed E-state index contributed by atoms with van der Waals surface area (Å²) in [6.45, 7) is 52.5. The molecule has 16 rings (SSSR count). The van der Waals surface area contributed by atoms with Crippen LogP contribution in [0.25, 0.3) is 0 Å². The summed E-state index contributed by atoms with van der Waals surface area (Å²) in [6.07, 6.45) is 7.49. The van der Waals surface area contributed by atoms with Gasteiger partial charge in [0.05, 0.1) is 29.4 Å². The molecule has 150 heavy (non-hydrogen) atoms. The summed E-state index contributed by atoms with van der Waals surface area (Å²) in [6, 6.07) is 110. The molecule has 32 heteroatoms. The van der Waals surface area contributed by atoms with Crippen molar-refractivity contribution in [3.63, 3.8) is 0 Å². The molecule has 19 nitrogen and oxygen atoms in total. The Bertz CT molecular complexity index is 5550. The highest BCUT2D eigenvalue weighted by Crippen LogP contribution is 2.18. The lowest BCUT2D eigenvalue weighted by molar-refractivity contribution is 0.143. The SMILES string of the molecule is CCCCOB(OCCCC)c1ccc(C)cc1.CCCOB(OCCC)c1ccc(C)cc1.CCOB(OCC)c1ccc(C)cc1.COB(OC)c1ccc(C)cc1.Cc1ccc(B(O)O)cc1.Cc1ccc(B(Oc2ccccc2)Oc2ccccc2)cc1.Cc1ccc(B2OB(c3ccc([Si](C)(C)C)cc3)OB(c3ccc([Si](C)(C)C)cc3)O2)cc1.Cc1ccc(B2OCCCO2)cc1.Cc1ccc(B2OCCO2)cc1. The molecule has 0 aliphatic carbocycles. The summed E-state index contributed by atoms with van der Waals surface area (Å²) in [5.74, 6) is 1.56. The maximum Gasteiger partial charge on any atom is 0.632 e. The van der Waals surface area contributed by atoms with E-state index in [0.29, 0.717) is 31.9 Å². The van der Waals surface area contributed by atoms with Crippen LogP contribution in [0.15, 0.2) is 328 Å². The Kier molecular flexibility index (Phi) is 58.0. The lowest BCUT2D eigenvalue weighted by Gasteiger charge is -2.32. The molecule has 13 aromatic carbocycles. The van der Waals surface area contributed by atoms with E-state index >= 15 is 0 Å². The van der Waals surface area contributed by atoms with E-state index in [1.54, 1.807) is 26.4 Å². The van der Waals surface area contributed by atoms with Gasteiger partial charge in [0.25, 0.3) is 0 Å². The quantitative estimate of drug-likeness (QED) is 0.0275. The third-order valence-corrected chi connectivity index (χ3v) is 28.1. The first-order valence-electron chi connectivity index (χ1n) is 53.1. The van der Waals surface area contributed by atoms with Gasteiger partial charge in [0.1, 0.15) is 11.5 Å². The van der Waals surface area contributed by atoms with Crippen LogP contribution in [0.1, 0.15) is 137 Å². The third kappa shape index (κ3) is 46.9. The van der Waals surface area contributed by atoms with E-state index in [2.05, 4.69) is 304 Å². The van der Waals surface area contributed by atoms with E-state index in [1.165, 1.54) is 54.9 Å². The Hall–Kier alpha value is -10.1. The molecule has 2 N–H and O–H groups in total. The van der Waals surface area contributed by atoms with E-state index in [0.717, 1.165) is 156 Å². The van der Waals surface area contributed by atoms with E-state index < -0.39 is 51.7 Å². The summed E-state index contributed by atoms with van der Waals surface area (Å²) < 4.78 is 97.0. The minimum Gasteiger partial charge on any atom is -0.522 e. The van der Waals surface area contributed by atoms with Gasteiger partial charge in [-0.15, -0.1) is 0 Å². The van der Waals surface area contributed by atoms with Crippen molar-refractivity contribution < 1.29 is 88.9 Å². The smallest absolute Gasteiger partial charge is 0.522 e. The highest BCUT2D eigenvalue weighted by molar-refractivity contribution is 6.90. The number of hydrogen-bond donors (Lipinski definition) is 2. The second kappa shape index (κ2) is 69.6. The van der Waals surface area contributed by atoms with Crippen LogP contribution in [0, 0.1) is 62.3 Å². The minimum atomic E-state index is -1.37. The molecular weight excluding hydrogens is 1900 g/mol. The first kappa shape index (κ1) is 125. The molecule has 0 atom stereocenters. The van der Waals surface area contributed by atoms with Crippen LogP contribution in [0.3, 0.4) is 0 Å². The Morgan fingerprint density at radius 3 is 0.740 bits per heavy atom. The van der Waals surface area contributed by atoms with Gasteiger partial charge in [0.2, 0.25) is 0 Å². The average Bonchev–Trinajstić information content (AvgIpc) is 0.895. The predicted octanol–water partition coefficient (Wildman–Crippen LogP) is 16.6. The number of benzene rings is 13. The van der Waals surface area contributed by atoms with Crippen LogP contribution in [0.4, 0.5) is 0 Å². The summed E-state index contributed by atoms with van der Waals surface area (Å²) in [4.78, 5) is 0. The number of para-hydroxylation sites is 2. The van der Waals surface area contributed by atoms with Gasteiger partial charge in [-0.3, -0.25) is 0 Å². The van der Waals surface area contributed by atoms with Crippen LogP contribution >= 0.6 is 0 Å². The highest BCUT2D eigenvalue weighted by atomic mass is 28.3. The highest BCUT2D eigenvalue weighted by Gasteiger charge is 2.44. The number of rotatable bonds is 37. The number of hydrogen-bond acceptors (Lipinski definition) is 19. The van der Waals surface area contributed by atoms with Crippen LogP contribution in [0.2, 0.25) is 39.3 Å². The normalized spacial score (nSPS) is 12.4. The zero-order valence-corrected chi connectivity index (χ0v) is 95.4. The van der Waals surface area contributed by atoms with Gasteiger partial charge >= 0.3 is 78.3 Å². The van der Waals surface area contributed by atoms with Crippen molar-refractivity contribution in [2.75, 3.05) is 80.3 Å². The van der Waals surface area contributed by atoms with Crippen LogP contribution in [0.5, 0.6) is 11.5 Å². The van der Waals surface area contributed by atoms with Gasteiger partial charge in [0, 0.05) is 72.5 Å². The molecular formula is C118H159B11O19Si2. The van der Waals surface area contributed by atoms with E-state index in [1.807, 2.05) is 154 Å². The van der Waals surface area contributed by atoms with Crippen molar-refractivity contribution in [1.29, 1.82) is 0 Å². The molecule has 0 saturated carbocycles. The van der Waals surface area contributed by atoms with Gasteiger partial charge in [-0.05, 0) is 187 Å². The van der Waals surface area contributed by atoms with Crippen molar-refractivity contribution in [2.45, 2.75) is 188 Å². The standard InChI is InChI=1S/C25H33B3O3Si2.C19H17BO2.C15H25BO2.C13H21BO2.C11H17BO2.C10H13BO2.C9H11BO2.C9H13BO2.C7H9BO2/c1-20-8-10-21(11-9-20)26-29-27(22-12-16-24(17-13-22)32(2,3)4)31-28(30-26)23-14-18-25(19-15-23)33(5,6)7;1-16-12-14-17(15-13-16)20(21-18-8-4-2-5-9-18)22-19-10-6-3-7-11-19;1-4-6-12-17-16(18-13-7-5-2)15-10-8-14(3)9-11-15;1-4-10-15-14(16-11-5-2)13-8-6-12(3)7-9-13;1-4-13-12(14-5-2)11-8-6-10(3)7-9-11;1-9-3-5-10(6-4-9)11-12-7-2-8-13-11;1-8-2-4-9(5-3-8)10-11-6-7-12-10;1-8-4-6-9(7-5-8)10(11-2)12-3;1-6-2-4-7(5-3-6)8(9)10/h8-19H,1-7H3;2-15H,1H3;8-11H,4-7,12-13H2,1-3H3;6-9H,4-5,10-11H2,1-3H3;6-9H,4-5H2,1-3H3;3-6H,2,7-8H2,1H3;2-5H,6-7H2,1H3;4-7H,1-3H3;2-5,9-10H,1H3. The molecule has 0 amide bonds. The van der Waals surface area contributed by atoms with Crippen LogP contribution in [-0.2, 0) is 69.6 Å². The molecule has 3 saturated heterocycles. The van der Waals surface area contributed by atoms with Crippen molar-refractivity contribution in [2.24, 2.45) is 0 Å². The number of unbranched alkanes of at least 4 members (excludes halogenated alkanes) is 2. The third-order valence-electron chi connectivity index (χ3n) is 24.0. The Labute approximate surface area is 905 Å². The summed E-state index contributed by atoms with van der Waals surface area (Å²) >= 11 is 0. The summed E-state index contributed by atoms with van der Waals surface area (Å²) in [7, 11) is -3.94. The minimum absolute atomic E-state index is 0.134. The number of aryl methyl sites for hydroxylation is 9. The Balaban J connectivity index is 0.000000211. The molecule has 0 spiro atoms. The molecule has 3 fully saturated rings. The molecule has 3 aliphatic heterocycles. The summed E-state index contributed by atoms with van der Waals surface area (Å²) in [5.41, 5.74) is 22.2. The van der Waals surface area contributed by atoms with Crippen molar-refractivity contribution in [3.8, 4) is 11.5 Å². The maximum absolute atomic E-state index is 8.67. The molecule has 0 aromatic heterocycles. The zero-order chi connectivity index (χ0) is 108. The molecule has 0 radical (unpaired) electrons. The Morgan fingerprint density at radius 1 is 0.253 bits per heavy atom. The van der Waals surface area contributed by atoms with Gasteiger partial charge in [-0.1, -0.05) is 444 Å². The molecule has 3 aliphatic rings. The predicted molar refractivity (Wildman–Crippen MR) is 640 cm³/mol. The van der Waals surface area contributed by atoms with Crippen molar-refractivity contribution >= 4 is 165 Å². The summed E-state index contributed by atoms with van der Waals surface area (Å²) in [5, 5.41) is 20.2. The monoisotopic (exact) mass is 2060 g/mol. The first-order valence-corrected chi connectivity index (χ1v) is 60.1. The topological polar surface area (TPSA) is 197 Å². The van der Waals surface area contributed by atoms with Gasteiger partial charge < -0.3 is 88.9 Å². The van der Waals surface area contributed by atoms with Gasteiger partial charge in [-0.25, -0.2) is 0 Å². The fourth-order valence-corrected chi connectivity index (χ4v) is 17.2. The maximum atomic E-state index is 8.67. The van der Waals surface area contributed by atoms with Gasteiger partial charge in [0.15, 0.2) is 0 Å². The lowest BCUT2D eigenvalue weighted by Crippen LogP contribution is -2.61. The average molecular weight is 2060 g/mol. The van der Waals surface area contributed by atoms with Crippen LogP contribution < -0.4 is 79.8 Å². The largest absolute Gasteiger partial charge is 0.632 e. The van der Waals surface area contributed by atoms with Crippen molar-refractivity contribution in [3.05, 3.63) is 378 Å². The fourth-order valence-electron chi connectivity index (χ4n) is 14.9. The van der Waals surface area contributed by atoms with Crippen LogP contribution in [-0.4, -0.2) is 185 Å². The lowest BCUT2D eigenvalue weighted by atomic mass is 9.61. The van der Waals surface area contributed by atoms with Crippen molar-refractivity contribution in [1.82, 2.24) is 0 Å². The zero-order valence-electron chi connectivity index (χ0n) is 93.4. The molecule has 3 heterocycles. The van der Waals surface area contributed by atoms with Gasteiger partial charge in [-0.2, -0.15) is 0 Å². The van der Waals surface area contributed by atoms with E-state index in [4.69, 9.17) is 88.9 Å². The Morgan fingerprint density at radius 2 is 0.487 bits per heavy atom. The molecule has 13 aromatic rings. The fraction of sp³-hybridized carbons (Fsp3) is 0.339.